The molecule has 3 rings (SSSR count). The zero-order valence-electron chi connectivity index (χ0n) is 30.6. The van der Waals surface area contributed by atoms with Crippen molar-refractivity contribution in [3.63, 3.8) is 0 Å². The number of urea groups is 1. The van der Waals surface area contributed by atoms with Crippen molar-refractivity contribution in [3.8, 4) is 0 Å². The van der Waals surface area contributed by atoms with Gasteiger partial charge in [0.2, 0.25) is 11.7 Å². The lowest BCUT2D eigenvalue weighted by atomic mass is 9.80. The van der Waals surface area contributed by atoms with Crippen LogP contribution in [0.15, 0.2) is 22.8 Å². The number of hydrogen-bond donors (Lipinski definition) is 4. The number of esters is 1. The number of hydrogen-bond acceptors (Lipinski definition) is 9. The summed E-state index contributed by atoms with van der Waals surface area (Å²) in [6.07, 6.45) is 8.96. The van der Waals surface area contributed by atoms with E-state index in [1.54, 1.807) is 12.1 Å². The quantitative estimate of drug-likeness (QED) is 0.143. The average molecular weight is 680 g/mol. The largest absolute Gasteiger partial charge is 0.466 e. The van der Waals surface area contributed by atoms with Gasteiger partial charge in [0, 0.05) is 0 Å². The number of nitrogens with one attached hydrogen (secondary N) is 3. The first-order chi connectivity index (χ1) is 22.5. The molecule has 1 aromatic rings. The highest BCUT2D eigenvalue weighted by Crippen LogP contribution is 2.30. The number of rotatable bonds is 12. The molecule has 1 saturated heterocycles. The molecule has 2 heterocycles. The average Bonchev–Trinajstić information content (AvgIpc) is 3.66. The maximum Gasteiger partial charge on any atom is 0.325 e. The maximum atomic E-state index is 12.2. The van der Waals surface area contributed by atoms with E-state index in [9.17, 15) is 28.8 Å². The number of likely N-dealkylation sites (N-methyl/N-ethyl adjacent to an activating group) is 1. The fourth-order valence-electron chi connectivity index (χ4n) is 4.37. The molecule has 2 fully saturated rings. The van der Waals surface area contributed by atoms with Gasteiger partial charge in [0.1, 0.15) is 25.2 Å². The Morgan fingerprint density at radius 2 is 1.67 bits per heavy atom. The van der Waals surface area contributed by atoms with E-state index in [0.29, 0.717) is 24.4 Å². The molecule has 1 aliphatic heterocycles. The number of furan rings is 1. The minimum absolute atomic E-state index is 0.00802. The van der Waals surface area contributed by atoms with Crippen LogP contribution in [-0.2, 0) is 35.3 Å². The third-order valence-corrected chi connectivity index (χ3v) is 7.20. The molecule has 1 aliphatic carbocycles. The number of aldehydes is 1. The number of ketones is 1. The zero-order valence-corrected chi connectivity index (χ0v) is 30.6. The predicted octanol–water partition coefficient (Wildman–Crippen LogP) is 4.12. The van der Waals surface area contributed by atoms with Crippen LogP contribution in [0.2, 0.25) is 0 Å². The summed E-state index contributed by atoms with van der Waals surface area (Å²) in [5.74, 6) is -0.629. The number of likely N-dealkylation sites (tertiary alicyclic amines) is 1. The summed E-state index contributed by atoms with van der Waals surface area (Å²) in [4.78, 5) is 71.1. The first kappa shape index (κ1) is 44.3. The first-order valence-electron chi connectivity index (χ1n) is 17.0. The van der Waals surface area contributed by atoms with Crippen molar-refractivity contribution in [1.82, 2.24) is 20.9 Å². The molecule has 0 bridgehead atoms. The van der Waals surface area contributed by atoms with Gasteiger partial charge in [0.15, 0.2) is 0 Å². The van der Waals surface area contributed by atoms with E-state index < -0.39 is 41.2 Å². The van der Waals surface area contributed by atoms with Crippen LogP contribution in [-0.4, -0.2) is 79.0 Å². The molecule has 1 saturated carbocycles. The Balaban J connectivity index is 0.000000771. The van der Waals surface area contributed by atoms with Crippen LogP contribution in [0.25, 0.3) is 0 Å². The molecular weight excluding hydrogens is 618 g/mol. The second kappa shape index (κ2) is 23.6. The molecule has 0 spiro atoms. The summed E-state index contributed by atoms with van der Waals surface area (Å²) in [6, 6.07) is 1.17. The Kier molecular flexibility index (Phi) is 21.7. The van der Waals surface area contributed by atoms with Gasteiger partial charge in [-0.3, -0.25) is 24.1 Å². The van der Waals surface area contributed by atoms with Gasteiger partial charge in [0.25, 0.3) is 5.91 Å². The summed E-state index contributed by atoms with van der Waals surface area (Å²) in [5.41, 5.74) is 4.67. The molecule has 5 N–H and O–H groups in total. The molecule has 0 radical (unpaired) electrons. The zero-order chi connectivity index (χ0) is 36.9. The molecule has 13 nitrogen and oxygen atoms in total. The summed E-state index contributed by atoms with van der Waals surface area (Å²) in [5, 5.41) is 7.56. The number of amides is 4. The molecule has 2 aliphatic rings. The molecule has 3 unspecified atom stereocenters. The summed E-state index contributed by atoms with van der Waals surface area (Å²) >= 11 is 0. The lowest BCUT2D eigenvalue weighted by Gasteiger charge is -2.30. The number of nitrogens with two attached hydrogens (primary N) is 1. The second-order valence-electron chi connectivity index (χ2n) is 13.9. The highest BCUT2D eigenvalue weighted by molar-refractivity contribution is 6.37. The molecule has 274 valence electrons. The molecule has 4 amide bonds. The Labute approximate surface area is 286 Å². The van der Waals surface area contributed by atoms with E-state index in [1.165, 1.54) is 12.7 Å². The minimum Gasteiger partial charge on any atom is -0.466 e. The third kappa shape index (κ3) is 19.2. The van der Waals surface area contributed by atoms with Crippen molar-refractivity contribution in [3.05, 3.63) is 24.2 Å². The Morgan fingerprint density at radius 1 is 1.06 bits per heavy atom. The number of Topliss-reactive ketones (excluding diaryl/α,β-unsaturated/α-hetero) is 1. The van der Waals surface area contributed by atoms with Crippen LogP contribution in [0.3, 0.4) is 0 Å². The molecular formula is C35H61N5O8. The van der Waals surface area contributed by atoms with Crippen LogP contribution >= 0.6 is 0 Å². The lowest BCUT2D eigenvalue weighted by Crippen LogP contribution is -2.52. The summed E-state index contributed by atoms with van der Waals surface area (Å²) < 4.78 is 9.89. The van der Waals surface area contributed by atoms with Gasteiger partial charge < -0.3 is 35.6 Å². The molecule has 3 atom stereocenters. The molecule has 13 heteroatoms. The van der Waals surface area contributed by atoms with E-state index >= 15 is 0 Å². The second-order valence-corrected chi connectivity index (χ2v) is 13.9. The number of primary amides is 1. The van der Waals surface area contributed by atoms with Crippen molar-refractivity contribution in [2.24, 2.45) is 23.0 Å². The fraction of sp³-hybridized carbons (Fsp3) is 0.714. The predicted molar refractivity (Wildman–Crippen MR) is 185 cm³/mol. The maximum absolute atomic E-state index is 12.2. The van der Waals surface area contributed by atoms with Crippen LogP contribution in [0.5, 0.6) is 0 Å². The van der Waals surface area contributed by atoms with E-state index in [2.05, 4.69) is 50.6 Å². The number of carbonyl (C=O) groups is 6. The Bertz CT molecular complexity index is 1110. The van der Waals surface area contributed by atoms with Crippen molar-refractivity contribution in [2.45, 2.75) is 125 Å². The monoisotopic (exact) mass is 679 g/mol. The minimum atomic E-state index is -0.964. The third-order valence-electron chi connectivity index (χ3n) is 7.20. The standard InChI is InChI=1S/C14H23N3O3.C14H20N2O5.C4H10.C3H8/c1-17-7-3-6-11(17)14(20)16-10(12(18)13(15)19)8-9-4-2-5-9;1-14(2,3)11(8-17)16-13(19)15-7-12(18)21-9-10-5-4-6-20-10;1-4(2)3;1-3-2/h9-11H,2-8H2,1H3,(H2,15,19)(H,16,20);4-6,8,11H,7,9H2,1-3H3,(H2,15,16,19);4H,1-3H3;3H2,1-2H3. The van der Waals surface area contributed by atoms with Crippen LogP contribution in [0, 0.1) is 17.3 Å². The Morgan fingerprint density at radius 3 is 2.08 bits per heavy atom. The SMILES string of the molecule is CC(C)(C)C(C=O)NC(=O)NCC(=O)OCc1ccco1.CC(C)C.CCC.CN1CCCC1C(=O)NC(CC1CCC1)C(=O)C(N)=O. The van der Waals surface area contributed by atoms with Crippen LogP contribution in [0.4, 0.5) is 4.79 Å². The topological polar surface area (TPSA) is 190 Å². The van der Waals surface area contributed by atoms with Gasteiger partial charge in [-0.2, -0.15) is 0 Å². The van der Waals surface area contributed by atoms with Gasteiger partial charge in [0.05, 0.1) is 24.4 Å². The van der Waals surface area contributed by atoms with Crippen molar-refractivity contribution in [2.75, 3.05) is 20.1 Å². The van der Waals surface area contributed by atoms with Gasteiger partial charge in [-0.1, -0.05) is 81.1 Å². The van der Waals surface area contributed by atoms with Gasteiger partial charge >= 0.3 is 12.0 Å². The normalized spacial score (nSPS) is 16.9. The molecule has 48 heavy (non-hydrogen) atoms. The van der Waals surface area contributed by atoms with Crippen molar-refractivity contribution in [1.29, 1.82) is 0 Å². The first-order valence-corrected chi connectivity index (χ1v) is 17.0. The molecule has 0 aromatic carbocycles. The van der Waals surface area contributed by atoms with Crippen molar-refractivity contribution >= 4 is 35.9 Å². The van der Waals surface area contributed by atoms with E-state index in [0.717, 1.165) is 44.6 Å². The van der Waals surface area contributed by atoms with Crippen molar-refractivity contribution < 1.29 is 37.9 Å². The van der Waals surface area contributed by atoms with Gasteiger partial charge in [-0.05, 0) is 62.2 Å². The summed E-state index contributed by atoms with van der Waals surface area (Å²) in [7, 11) is 1.90. The van der Waals surface area contributed by atoms with Crippen LogP contribution in [0.1, 0.15) is 106 Å². The number of nitrogens with zero attached hydrogens (tertiary/aromatic N) is 1. The van der Waals surface area contributed by atoms with Gasteiger partial charge in [-0.25, -0.2) is 4.79 Å². The number of carbonyl (C=O) groups excluding carboxylic acids is 6. The van der Waals surface area contributed by atoms with Gasteiger partial charge in [-0.15, -0.1) is 0 Å². The smallest absolute Gasteiger partial charge is 0.325 e. The highest BCUT2D eigenvalue weighted by Gasteiger charge is 2.34. The van der Waals surface area contributed by atoms with Crippen LogP contribution < -0.4 is 21.7 Å². The highest BCUT2D eigenvalue weighted by atomic mass is 16.5. The Hall–Kier alpha value is -3.74. The summed E-state index contributed by atoms with van der Waals surface area (Å²) in [6.45, 7) is 16.8. The molecule has 1 aromatic heterocycles. The fourth-order valence-corrected chi connectivity index (χ4v) is 4.37. The number of ether oxygens (including phenoxy) is 1. The van der Waals surface area contributed by atoms with E-state index in [4.69, 9.17) is 14.9 Å². The lowest BCUT2D eigenvalue weighted by molar-refractivity contribution is -0.144. The van der Waals surface area contributed by atoms with E-state index in [1.807, 2.05) is 32.7 Å². The van der Waals surface area contributed by atoms with E-state index in [-0.39, 0.29) is 25.1 Å².